The second-order valence-electron chi connectivity index (χ2n) is 4.45. The molecule has 7 nitrogen and oxygen atoms in total. The van der Waals surface area contributed by atoms with Crippen molar-refractivity contribution >= 4 is 11.9 Å². The number of aliphatic carboxylic acids is 1. The fourth-order valence-corrected chi connectivity index (χ4v) is 1.66. The molecule has 1 amide bonds. The monoisotopic (exact) mass is 281 g/mol. The summed E-state index contributed by atoms with van der Waals surface area (Å²) in [7, 11) is 0. The first-order chi connectivity index (χ1) is 9.43. The molecule has 2 atom stereocenters. The lowest BCUT2D eigenvalue weighted by Crippen LogP contribution is -2.49. The van der Waals surface area contributed by atoms with Crippen molar-refractivity contribution < 1.29 is 19.8 Å². The van der Waals surface area contributed by atoms with Crippen molar-refractivity contribution in [1.82, 2.24) is 5.32 Å². The van der Waals surface area contributed by atoms with Crippen LogP contribution in [0, 0.1) is 0 Å². The third-order valence-electron chi connectivity index (χ3n) is 2.81. The van der Waals surface area contributed by atoms with Crippen molar-refractivity contribution in [3.8, 4) is 5.75 Å². The number of carbonyl (C=O) groups excluding carboxylic acids is 1. The smallest absolute Gasteiger partial charge is 0.326 e. The van der Waals surface area contributed by atoms with E-state index >= 15 is 0 Å². The molecule has 0 saturated carbocycles. The largest absolute Gasteiger partial charge is 0.508 e. The lowest BCUT2D eigenvalue weighted by atomic mass is 10.1. The average Bonchev–Trinajstić information content (AvgIpc) is 2.40. The highest BCUT2D eigenvalue weighted by atomic mass is 16.4. The second-order valence-corrected chi connectivity index (χ2v) is 4.45. The Morgan fingerprint density at radius 2 is 1.85 bits per heavy atom. The van der Waals surface area contributed by atoms with Crippen LogP contribution in [0.5, 0.6) is 5.75 Å². The van der Waals surface area contributed by atoms with Crippen molar-refractivity contribution in [2.45, 2.75) is 24.9 Å². The summed E-state index contributed by atoms with van der Waals surface area (Å²) in [4.78, 5) is 22.9. The van der Waals surface area contributed by atoms with Gasteiger partial charge in [0, 0.05) is 6.42 Å². The van der Waals surface area contributed by atoms with Crippen molar-refractivity contribution in [3.05, 3.63) is 29.8 Å². The van der Waals surface area contributed by atoms with Gasteiger partial charge in [-0.25, -0.2) is 4.79 Å². The normalized spacial score (nSPS) is 13.5. The Hall–Kier alpha value is -2.12. The minimum atomic E-state index is -1.15. The summed E-state index contributed by atoms with van der Waals surface area (Å²) in [5.41, 5.74) is 11.6. The topological polar surface area (TPSA) is 139 Å². The number of amides is 1. The maximum atomic E-state index is 11.7. The summed E-state index contributed by atoms with van der Waals surface area (Å²) < 4.78 is 0. The third-order valence-corrected chi connectivity index (χ3v) is 2.81. The van der Waals surface area contributed by atoms with E-state index in [1.807, 2.05) is 0 Å². The molecule has 0 radical (unpaired) electrons. The number of carboxylic acids is 1. The molecule has 0 aliphatic rings. The van der Waals surface area contributed by atoms with Crippen LogP contribution >= 0.6 is 0 Å². The standard InChI is InChI=1S/C13H19N3O4/c14-6-5-10(15)12(18)16-11(13(19)20)7-8-1-3-9(17)4-2-8/h1-4,10-11,17H,5-7,14-15H2,(H,16,18)(H,19,20). The number of rotatable bonds is 7. The van der Waals surface area contributed by atoms with E-state index in [1.54, 1.807) is 12.1 Å². The first kappa shape index (κ1) is 15.9. The number of carbonyl (C=O) groups is 2. The number of phenols is 1. The van der Waals surface area contributed by atoms with E-state index in [-0.39, 0.29) is 25.1 Å². The Morgan fingerprint density at radius 1 is 1.25 bits per heavy atom. The fraction of sp³-hybridized carbons (Fsp3) is 0.385. The molecule has 1 aromatic carbocycles. The highest BCUT2D eigenvalue weighted by Crippen LogP contribution is 2.11. The van der Waals surface area contributed by atoms with Crippen molar-refractivity contribution in [2.75, 3.05) is 6.54 Å². The quantitative estimate of drug-likeness (QED) is 0.442. The van der Waals surface area contributed by atoms with Crippen LogP contribution in [0.15, 0.2) is 24.3 Å². The fourth-order valence-electron chi connectivity index (χ4n) is 1.66. The summed E-state index contributed by atoms with van der Waals surface area (Å²) in [5.74, 6) is -1.59. The van der Waals surface area contributed by atoms with Gasteiger partial charge in [-0.3, -0.25) is 4.79 Å². The van der Waals surface area contributed by atoms with E-state index in [0.29, 0.717) is 5.56 Å². The zero-order valence-electron chi connectivity index (χ0n) is 11.0. The molecule has 7 heteroatoms. The molecular weight excluding hydrogens is 262 g/mol. The van der Waals surface area contributed by atoms with E-state index in [1.165, 1.54) is 12.1 Å². The SMILES string of the molecule is NCCC(N)C(=O)NC(Cc1ccc(O)cc1)C(=O)O. The summed E-state index contributed by atoms with van der Waals surface area (Å²) in [6.07, 6.45) is 0.397. The highest BCUT2D eigenvalue weighted by molar-refractivity contribution is 5.86. The molecule has 1 rings (SSSR count). The van der Waals surface area contributed by atoms with Gasteiger partial charge in [-0.2, -0.15) is 0 Å². The summed E-state index contributed by atoms with van der Waals surface area (Å²) in [5, 5.41) is 20.7. The van der Waals surface area contributed by atoms with Crippen LogP contribution in [-0.2, 0) is 16.0 Å². The van der Waals surface area contributed by atoms with E-state index in [9.17, 15) is 9.59 Å². The molecule has 0 aromatic heterocycles. The van der Waals surface area contributed by atoms with Crippen molar-refractivity contribution in [3.63, 3.8) is 0 Å². The number of aromatic hydroxyl groups is 1. The van der Waals surface area contributed by atoms with Crippen LogP contribution in [0.25, 0.3) is 0 Å². The predicted octanol–water partition coefficient (Wildman–Crippen LogP) is -0.820. The number of nitrogens with one attached hydrogen (secondary N) is 1. The lowest BCUT2D eigenvalue weighted by molar-refractivity contribution is -0.142. The Bertz CT molecular complexity index is 461. The molecule has 0 aliphatic heterocycles. The van der Waals surface area contributed by atoms with Crippen LogP contribution in [0.3, 0.4) is 0 Å². The van der Waals surface area contributed by atoms with E-state index in [4.69, 9.17) is 21.7 Å². The number of hydrogen-bond donors (Lipinski definition) is 5. The molecule has 7 N–H and O–H groups in total. The number of nitrogens with two attached hydrogens (primary N) is 2. The maximum absolute atomic E-state index is 11.7. The number of phenolic OH excluding ortho intramolecular Hbond substituents is 1. The van der Waals surface area contributed by atoms with Gasteiger partial charge in [0.2, 0.25) is 5.91 Å². The maximum Gasteiger partial charge on any atom is 0.326 e. The molecule has 0 saturated heterocycles. The zero-order valence-corrected chi connectivity index (χ0v) is 11.0. The van der Waals surface area contributed by atoms with E-state index in [2.05, 4.69) is 5.32 Å². The highest BCUT2D eigenvalue weighted by Gasteiger charge is 2.23. The zero-order chi connectivity index (χ0) is 15.1. The molecule has 20 heavy (non-hydrogen) atoms. The van der Waals surface area contributed by atoms with Gasteiger partial charge in [-0.05, 0) is 30.7 Å². The number of benzene rings is 1. The van der Waals surface area contributed by atoms with Gasteiger partial charge >= 0.3 is 5.97 Å². The van der Waals surface area contributed by atoms with Gasteiger partial charge in [0.15, 0.2) is 0 Å². The Kier molecular flexibility index (Phi) is 5.95. The molecule has 0 bridgehead atoms. The molecule has 1 aromatic rings. The molecule has 0 fully saturated rings. The molecule has 2 unspecified atom stereocenters. The van der Waals surface area contributed by atoms with Gasteiger partial charge < -0.3 is 27.0 Å². The van der Waals surface area contributed by atoms with E-state index < -0.39 is 24.0 Å². The minimum Gasteiger partial charge on any atom is -0.508 e. The van der Waals surface area contributed by atoms with Crippen molar-refractivity contribution in [2.24, 2.45) is 11.5 Å². The Morgan fingerprint density at radius 3 is 2.35 bits per heavy atom. The van der Waals surface area contributed by atoms with Crippen LogP contribution in [0.4, 0.5) is 0 Å². The molecule has 0 aliphatic carbocycles. The van der Waals surface area contributed by atoms with Gasteiger partial charge in [0.25, 0.3) is 0 Å². The van der Waals surface area contributed by atoms with Gasteiger partial charge in [0.1, 0.15) is 11.8 Å². The van der Waals surface area contributed by atoms with Gasteiger partial charge in [-0.1, -0.05) is 12.1 Å². The summed E-state index contributed by atoms with van der Waals surface area (Å²) >= 11 is 0. The molecule has 110 valence electrons. The summed E-state index contributed by atoms with van der Waals surface area (Å²) in [6.45, 7) is 0.254. The third kappa shape index (κ3) is 4.87. The number of hydrogen-bond acceptors (Lipinski definition) is 5. The van der Waals surface area contributed by atoms with Crippen LogP contribution in [0.1, 0.15) is 12.0 Å². The average molecular weight is 281 g/mol. The van der Waals surface area contributed by atoms with Crippen molar-refractivity contribution in [1.29, 1.82) is 0 Å². The first-order valence-corrected chi connectivity index (χ1v) is 6.20. The Balaban J connectivity index is 2.67. The molecular formula is C13H19N3O4. The predicted molar refractivity (Wildman–Crippen MR) is 73.0 cm³/mol. The van der Waals surface area contributed by atoms with Gasteiger partial charge in [0.05, 0.1) is 6.04 Å². The lowest BCUT2D eigenvalue weighted by Gasteiger charge is -2.17. The van der Waals surface area contributed by atoms with E-state index in [0.717, 1.165) is 0 Å². The van der Waals surface area contributed by atoms with Gasteiger partial charge in [-0.15, -0.1) is 0 Å². The van der Waals surface area contributed by atoms with Crippen LogP contribution in [0.2, 0.25) is 0 Å². The number of carboxylic acid groups (broad SMARTS) is 1. The second kappa shape index (κ2) is 7.46. The molecule has 0 heterocycles. The minimum absolute atomic E-state index is 0.0922. The van der Waals surface area contributed by atoms with Crippen LogP contribution < -0.4 is 16.8 Å². The summed E-state index contributed by atoms with van der Waals surface area (Å²) in [6, 6.07) is 4.21. The Labute approximate surface area is 116 Å². The molecule has 0 spiro atoms. The van der Waals surface area contributed by atoms with Crippen LogP contribution in [-0.4, -0.2) is 40.7 Å². The first-order valence-electron chi connectivity index (χ1n) is 6.20.